The highest BCUT2D eigenvalue weighted by atomic mass is 35.5. The summed E-state index contributed by atoms with van der Waals surface area (Å²) in [4.78, 5) is 7.88. The van der Waals surface area contributed by atoms with E-state index in [1.165, 1.54) is 0 Å². The molecule has 2 aliphatic rings. The Labute approximate surface area is 139 Å². The molecule has 3 rings (SSSR count). The number of halogens is 1. The van der Waals surface area contributed by atoms with Crippen LogP contribution >= 0.6 is 11.6 Å². The molecule has 2 heterocycles. The fraction of sp³-hybridized carbons (Fsp3) is 0.438. The van der Waals surface area contributed by atoms with E-state index >= 15 is 0 Å². The minimum atomic E-state index is -0.451. The summed E-state index contributed by atoms with van der Waals surface area (Å²) in [6.07, 6.45) is 2.07. The summed E-state index contributed by atoms with van der Waals surface area (Å²) in [5.74, 6) is 0.533. The number of aliphatic hydroxyl groups is 1. The van der Waals surface area contributed by atoms with Crippen molar-refractivity contribution in [3.63, 3.8) is 0 Å². The van der Waals surface area contributed by atoms with E-state index in [9.17, 15) is 5.11 Å². The molecule has 118 valence electrons. The number of nitriles is 2. The molecule has 0 amide bonds. The average Bonchev–Trinajstić information content (AvgIpc) is 3.03. The SMILES string of the molecule is Cc1c(N2/C(=N/C#N)N3CC[C@H](O)[C@H]3[C@@H]2C)ccc(C#N)c1Cl. The lowest BCUT2D eigenvalue weighted by atomic mass is 10.0. The maximum Gasteiger partial charge on any atom is 0.217 e. The van der Waals surface area contributed by atoms with Gasteiger partial charge in [-0.1, -0.05) is 11.6 Å². The lowest BCUT2D eigenvalue weighted by molar-refractivity contribution is 0.138. The molecule has 7 heteroatoms. The molecule has 3 atom stereocenters. The maximum atomic E-state index is 10.3. The van der Waals surface area contributed by atoms with E-state index < -0.39 is 6.10 Å². The van der Waals surface area contributed by atoms with Crippen LogP contribution in [0.3, 0.4) is 0 Å². The Balaban J connectivity index is 2.12. The van der Waals surface area contributed by atoms with Gasteiger partial charge in [0.2, 0.25) is 12.2 Å². The first kappa shape index (κ1) is 15.6. The van der Waals surface area contributed by atoms with Crippen molar-refractivity contribution in [2.45, 2.75) is 38.5 Å². The van der Waals surface area contributed by atoms with Gasteiger partial charge in [-0.05, 0) is 38.0 Å². The van der Waals surface area contributed by atoms with Crippen molar-refractivity contribution < 1.29 is 5.11 Å². The van der Waals surface area contributed by atoms with Gasteiger partial charge in [0.1, 0.15) is 6.07 Å². The van der Waals surface area contributed by atoms with Gasteiger partial charge < -0.3 is 14.9 Å². The highest BCUT2D eigenvalue weighted by molar-refractivity contribution is 6.33. The normalized spacial score (nSPS) is 27.9. The van der Waals surface area contributed by atoms with Crippen molar-refractivity contribution in [3.8, 4) is 12.3 Å². The smallest absolute Gasteiger partial charge is 0.217 e. The Bertz CT molecular complexity index is 763. The van der Waals surface area contributed by atoms with E-state index in [1.54, 1.807) is 6.07 Å². The Hall–Kier alpha value is -2.28. The summed E-state index contributed by atoms with van der Waals surface area (Å²) < 4.78 is 0. The number of rotatable bonds is 1. The van der Waals surface area contributed by atoms with Crippen LogP contribution in [0.2, 0.25) is 5.02 Å². The first-order valence-electron chi connectivity index (χ1n) is 7.41. The minimum absolute atomic E-state index is 0.0534. The molecule has 2 fully saturated rings. The molecule has 0 bridgehead atoms. The highest BCUT2D eigenvalue weighted by Gasteiger charge is 2.49. The summed E-state index contributed by atoms with van der Waals surface area (Å²) >= 11 is 6.28. The minimum Gasteiger partial charge on any atom is -0.391 e. The number of hydrogen-bond acceptors (Lipinski definition) is 4. The molecule has 0 unspecified atom stereocenters. The molecule has 6 nitrogen and oxygen atoms in total. The van der Waals surface area contributed by atoms with Crippen LogP contribution in [0.15, 0.2) is 17.1 Å². The summed E-state index contributed by atoms with van der Waals surface area (Å²) in [6.45, 7) is 4.50. The standard InChI is InChI=1S/C16H16ClN5O/c1-9-12(4-3-11(7-18)14(9)17)22-10(2)15-13(23)5-6-21(15)16(22)20-8-19/h3-4,10,13,15,23H,5-6H2,1-2H3/b20-16+/t10-,13-,15+/m0/s1. The van der Waals surface area contributed by atoms with Crippen LogP contribution in [-0.4, -0.2) is 40.7 Å². The molecule has 0 saturated carbocycles. The van der Waals surface area contributed by atoms with Crippen LogP contribution in [0, 0.1) is 29.7 Å². The zero-order chi connectivity index (χ0) is 16.7. The number of anilines is 1. The summed E-state index contributed by atoms with van der Waals surface area (Å²) in [5.41, 5.74) is 1.98. The molecular weight excluding hydrogens is 314 g/mol. The molecule has 2 saturated heterocycles. The van der Waals surface area contributed by atoms with E-state index in [0.29, 0.717) is 29.5 Å². The van der Waals surface area contributed by atoms with Gasteiger partial charge in [-0.3, -0.25) is 0 Å². The molecule has 23 heavy (non-hydrogen) atoms. The first-order valence-corrected chi connectivity index (χ1v) is 7.79. The predicted molar refractivity (Wildman–Crippen MR) is 87.0 cm³/mol. The quantitative estimate of drug-likeness (QED) is 0.796. The van der Waals surface area contributed by atoms with E-state index in [1.807, 2.05) is 35.9 Å². The molecule has 0 spiro atoms. The number of guanidine groups is 1. The van der Waals surface area contributed by atoms with Crippen molar-refractivity contribution in [2.24, 2.45) is 4.99 Å². The Morgan fingerprint density at radius 3 is 2.78 bits per heavy atom. The fourth-order valence-corrected chi connectivity index (χ4v) is 3.80. The van der Waals surface area contributed by atoms with E-state index in [4.69, 9.17) is 22.1 Å². The highest BCUT2D eigenvalue weighted by Crippen LogP contribution is 2.38. The van der Waals surface area contributed by atoms with Crippen LogP contribution in [0.5, 0.6) is 0 Å². The predicted octanol–water partition coefficient (Wildman–Crippen LogP) is 2.00. The van der Waals surface area contributed by atoms with Gasteiger partial charge in [-0.25, -0.2) is 0 Å². The van der Waals surface area contributed by atoms with Gasteiger partial charge in [0.05, 0.1) is 28.8 Å². The van der Waals surface area contributed by atoms with Gasteiger partial charge >= 0.3 is 0 Å². The molecular formula is C16H16ClN5O. The summed E-state index contributed by atoms with van der Waals surface area (Å²) in [5, 5.41) is 28.8. The van der Waals surface area contributed by atoms with Crippen LogP contribution in [-0.2, 0) is 0 Å². The molecule has 0 radical (unpaired) electrons. The van der Waals surface area contributed by atoms with Crippen molar-refractivity contribution >= 4 is 23.2 Å². The summed E-state index contributed by atoms with van der Waals surface area (Å²) in [6, 6.07) is 5.40. The second-order valence-electron chi connectivity index (χ2n) is 5.85. The molecule has 2 aliphatic heterocycles. The van der Waals surface area contributed by atoms with Crippen LogP contribution in [0.1, 0.15) is 24.5 Å². The molecule has 0 aromatic heterocycles. The fourth-order valence-electron chi connectivity index (χ4n) is 3.60. The molecule has 1 aromatic carbocycles. The third-order valence-corrected chi connectivity index (χ3v) is 5.17. The van der Waals surface area contributed by atoms with E-state index in [-0.39, 0.29) is 12.1 Å². The first-order chi connectivity index (χ1) is 11.0. The monoisotopic (exact) mass is 329 g/mol. The second kappa shape index (κ2) is 5.73. The zero-order valence-corrected chi connectivity index (χ0v) is 13.6. The van der Waals surface area contributed by atoms with Crippen LogP contribution in [0.4, 0.5) is 5.69 Å². The average molecular weight is 330 g/mol. The number of benzene rings is 1. The third kappa shape index (κ3) is 2.23. The lowest BCUT2D eigenvalue weighted by Crippen LogP contribution is -2.39. The van der Waals surface area contributed by atoms with Crippen molar-refractivity contribution in [2.75, 3.05) is 11.4 Å². The Morgan fingerprint density at radius 1 is 1.39 bits per heavy atom. The van der Waals surface area contributed by atoms with Gasteiger partial charge in [0, 0.05) is 12.2 Å². The van der Waals surface area contributed by atoms with Crippen LogP contribution < -0.4 is 4.90 Å². The molecule has 0 aliphatic carbocycles. The molecule has 1 aromatic rings. The van der Waals surface area contributed by atoms with Gasteiger partial charge in [-0.15, -0.1) is 4.99 Å². The number of nitrogens with zero attached hydrogens (tertiary/aromatic N) is 5. The largest absolute Gasteiger partial charge is 0.391 e. The number of aliphatic hydroxyl groups excluding tert-OH is 1. The number of aliphatic imine (C=N–C) groups is 1. The second-order valence-corrected chi connectivity index (χ2v) is 6.22. The van der Waals surface area contributed by atoms with E-state index in [0.717, 1.165) is 11.3 Å². The van der Waals surface area contributed by atoms with Gasteiger partial charge in [0.15, 0.2) is 0 Å². The maximum absolute atomic E-state index is 10.3. The van der Waals surface area contributed by atoms with Crippen LogP contribution in [0.25, 0.3) is 0 Å². The third-order valence-electron chi connectivity index (χ3n) is 4.68. The van der Waals surface area contributed by atoms with Crippen molar-refractivity contribution in [3.05, 3.63) is 28.3 Å². The number of fused-ring (bicyclic) bond motifs is 1. The number of hydrogen-bond donors (Lipinski definition) is 1. The summed E-state index contributed by atoms with van der Waals surface area (Å²) in [7, 11) is 0. The Morgan fingerprint density at radius 2 is 2.13 bits per heavy atom. The van der Waals surface area contributed by atoms with E-state index in [2.05, 4.69) is 11.1 Å². The van der Waals surface area contributed by atoms with Crippen molar-refractivity contribution in [1.29, 1.82) is 10.5 Å². The van der Waals surface area contributed by atoms with Crippen molar-refractivity contribution in [1.82, 2.24) is 4.90 Å². The zero-order valence-electron chi connectivity index (χ0n) is 12.9. The topological polar surface area (TPSA) is 86.7 Å². The van der Waals surface area contributed by atoms with Gasteiger partial charge in [0.25, 0.3) is 0 Å². The lowest BCUT2D eigenvalue weighted by Gasteiger charge is -2.27. The van der Waals surface area contributed by atoms with Gasteiger partial charge in [-0.2, -0.15) is 10.5 Å². The molecule has 1 N–H and O–H groups in total. The Kier molecular flexibility index (Phi) is 3.89.